The molecule has 0 bridgehead atoms. The molecule has 0 unspecified atom stereocenters. The second-order valence-electron chi connectivity index (χ2n) is 25.6. The van der Waals surface area contributed by atoms with E-state index in [4.69, 9.17) is 0 Å². The minimum absolute atomic E-state index is 0.223. The van der Waals surface area contributed by atoms with Gasteiger partial charge in [0.25, 0.3) is 0 Å². The van der Waals surface area contributed by atoms with Crippen LogP contribution in [0.15, 0.2) is 0 Å². The number of hydrogen-bond donors (Lipinski definition) is 0. The average molecular weight is 817 g/mol. The molecule has 264 valence electrons. The smallest absolute Gasteiger partial charge is 0.0421 e. The fourth-order valence-corrected chi connectivity index (χ4v) is 398. The summed E-state index contributed by atoms with van der Waals surface area (Å²) in [4.78, 5) is 0. The molecular formula is C33H83Si12-. The highest BCUT2D eigenvalue weighted by molar-refractivity contribution is 8.54. The molecule has 0 amide bonds. The zero-order valence-electron chi connectivity index (χ0n) is 35.8. The van der Waals surface area contributed by atoms with Crippen LogP contribution in [0.25, 0.3) is 0 Å². The number of hydrogen-bond acceptors (Lipinski definition) is 0. The molecule has 4 rings (SSSR count). The Balaban J connectivity index is 2.36. The largest absolute Gasteiger partial charge is 0.270 e. The van der Waals surface area contributed by atoms with Crippen LogP contribution in [0.5, 0.6) is 0 Å². The highest BCUT2D eigenvalue weighted by Crippen LogP contribution is 2.99. The lowest BCUT2D eigenvalue weighted by molar-refractivity contribution is 0.763. The van der Waals surface area contributed by atoms with Crippen molar-refractivity contribution in [3.8, 4) is 0 Å². The SMILES string of the molecule is C[Si](C)(C)C1([Si](C)(C)C)CCC([Si](C)(C)C)([Si](C)(C)C)[Si]12[Si-]1[Si]3(C([Si](C)(C)C)([Si](C)(C)C)CCC3([Si](C)(C)C)[Si](C)(C)C)[Si]12C. The van der Waals surface area contributed by atoms with Crippen LogP contribution in [0.4, 0.5) is 0 Å². The Labute approximate surface area is 297 Å². The van der Waals surface area contributed by atoms with Gasteiger partial charge in [0.15, 0.2) is 0 Å². The summed E-state index contributed by atoms with van der Waals surface area (Å²) in [5, 5.41) is 0. The van der Waals surface area contributed by atoms with Crippen molar-refractivity contribution < 1.29 is 0 Å². The van der Waals surface area contributed by atoms with Crippen LogP contribution in [-0.4, -0.2) is 92.8 Å². The predicted molar refractivity (Wildman–Crippen MR) is 245 cm³/mol. The third-order valence-electron chi connectivity index (χ3n) is 17.2. The fourth-order valence-electron chi connectivity index (χ4n) is 18.4. The van der Waals surface area contributed by atoms with E-state index in [-0.39, 0.29) is 7.35 Å². The van der Waals surface area contributed by atoms with E-state index in [0.29, 0.717) is 0 Å². The second kappa shape index (κ2) is 9.77. The number of rotatable bonds is 8. The first-order valence-electron chi connectivity index (χ1n) is 19.2. The van der Waals surface area contributed by atoms with Crippen LogP contribution in [0.3, 0.4) is 0 Å². The van der Waals surface area contributed by atoms with Crippen LogP contribution >= 0.6 is 0 Å². The molecule has 0 saturated carbocycles. The first-order chi connectivity index (χ1) is 19.3. The third kappa shape index (κ3) is 3.78. The van der Waals surface area contributed by atoms with Crippen LogP contribution < -0.4 is 0 Å². The van der Waals surface area contributed by atoms with Gasteiger partial charge >= 0.3 is 0 Å². The highest BCUT2D eigenvalue weighted by Gasteiger charge is 3.04. The zero-order chi connectivity index (χ0) is 35.9. The lowest BCUT2D eigenvalue weighted by Gasteiger charge is -2.81. The predicted octanol–water partition coefficient (Wildman–Crippen LogP) is 12.4. The lowest BCUT2D eigenvalue weighted by atomic mass is 10.4. The molecule has 4 fully saturated rings. The summed E-state index contributed by atoms with van der Waals surface area (Å²) in [5.41, 5.74) is 0. The normalized spacial score (nSPS) is 28.5. The fraction of sp³-hybridized carbons (Fsp3) is 1.00. The maximum Gasteiger partial charge on any atom is 0.0421 e. The Kier molecular flexibility index (Phi) is 8.76. The molecule has 0 radical (unpaired) electrons. The molecule has 4 aliphatic heterocycles. The van der Waals surface area contributed by atoms with Gasteiger partial charge in [0.2, 0.25) is 0 Å². The Morgan fingerprint density at radius 2 is 0.422 bits per heavy atom. The van der Waals surface area contributed by atoms with E-state index < -0.39 is 85.4 Å². The molecule has 0 N–H and O–H groups in total. The maximum atomic E-state index is 3.42. The van der Waals surface area contributed by atoms with Gasteiger partial charge in [-0.15, -0.1) is 20.8 Å². The summed E-state index contributed by atoms with van der Waals surface area (Å²) in [7, 11) is -14.7. The van der Waals surface area contributed by atoms with Gasteiger partial charge in [-0.3, -0.25) is 7.35 Å². The van der Waals surface area contributed by atoms with Crippen molar-refractivity contribution in [1.29, 1.82) is 0 Å². The maximum absolute atomic E-state index is 3.42. The highest BCUT2D eigenvalue weighted by atomic mass is 30.7. The Morgan fingerprint density at radius 1 is 0.311 bits per heavy atom. The quantitative estimate of drug-likeness (QED) is 0.214. The van der Waals surface area contributed by atoms with Crippen LogP contribution in [0.1, 0.15) is 25.7 Å². The van der Waals surface area contributed by atoms with Crippen LogP contribution in [0, 0.1) is 0 Å². The monoisotopic (exact) mass is 815 g/mol. The van der Waals surface area contributed by atoms with Gasteiger partial charge in [0.05, 0.1) is 0 Å². The molecule has 4 aliphatic rings. The van der Waals surface area contributed by atoms with E-state index in [2.05, 4.69) is 164 Å². The third-order valence-corrected chi connectivity index (χ3v) is 193. The van der Waals surface area contributed by atoms with Crippen molar-refractivity contribution in [2.24, 2.45) is 0 Å². The Morgan fingerprint density at radius 3 is 0.511 bits per heavy atom. The standard InChI is InChI=1S/C33H83Si12/c1-35(2,3)30(36(4,5)6)26-27-31(37(7,8)9,38(10,11)12)44(30)34-43(44,25)45(34)32(39(13,14)15,40(16,17)18)28-29-33(45,41(19,20)21)42(22,23)24/h26-29H2,1-25H3/q-1. The lowest BCUT2D eigenvalue weighted by Crippen LogP contribution is -2.88. The van der Waals surface area contributed by atoms with Crippen molar-refractivity contribution in [3.63, 3.8) is 0 Å². The van der Waals surface area contributed by atoms with Gasteiger partial charge in [0.1, 0.15) is 0 Å². The number of fused-ring (bicyclic) bond motifs is 5. The molecule has 0 aromatic rings. The van der Waals surface area contributed by atoms with Gasteiger partial charge in [-0.05, 0) is 0 Å². The first kappa shape index (κ1) is 40.4. The molecule has 0 aromatic heterocycles. The van der Waals surface area contributed by atoms with Gasteiger partial charge in [-0.2, -0.15) is 6.63 Å². The van der Waals surface area contributed by atoms with Crippen molar-refractivity contribution in [2.75, 3.05) is 0 Å². The van der Waals surface area contributed by atoms with Gasteiger partial charge in [-0.25, -0.2) is 0 Å². The Bertz CT molecular complexity index is 1000. The molecule has 2 spiro atoms. The summed E-state index contributed by atoms with van der Waals surface area (Å²) >= 11 is 0. The summed E-state index contributed by atoms with van der Waals surface area (Å²) in [6.07, 6.45) is 6.95. The van der Waals surface area contributed by atoms with Crippen molar-refractivity contribution in [2.45, 2.75) is 206 Å². The second-order valence-corrected chi connectivity index (χ2v) is 118. The van der Waals surface area contributed by atoms with Crippen molar-refractivity contribution in [3.05, 3.63) is 0 Å². The molecule has 12 heteroatoms. The van der Waals surface area contributed by atoms with Crippen LogP contribution in [0.2, 0.25) is 181 Å². The van der Waals surface area contributed by atoms with Gasteiger partial charge < -0.3 is 0 Å². The first-order valence-corrected chi connectivity index (χ1v) is 60.2. The minimum atomic E-state index is -1.51. The van der Waals surface area contributed by atoms with Crippen LogP contribution in [-0.2, 0) is 0 Å². The van der Waals surface area contributed by atoms with E-state index in [1.165, 1.54) is 0 Å². The molecule has 4 heterocycles. The molecule has 0 nitrogen and oxygen atoms in total. The Hall–Kier alpha value is 2.60. The molecule has 45 heavy (non-hydrogen) atoms. The summed E-state index contributed by atoms with van der Waals surface area (Å²) in [6.45, 7) is 73.7. The molecule has 0 aromatic carbocycles. The molecular weight excluding hydrogens is 733 g/mol. The summed E-state index contributed by atoms with van der Waals surface area (Å²) in [6, 6.07) is 0. The van der Waals surface area contributed by atoms with E-state index in [9.17, 15) is 0 Å². The molecule has 0 aliphatic carbocycles. The van der Waals surface area contributed by atoms with Crippen molar-refractivity contribution in [1.82, 2.24) is 0 Å². The zero-order valence-corrected chi connectivity index (χ0v) is 47.8. The average Bonchev–Trinajstić information content (AvgIpc) is 3.27. The van der Waals surface area contributed by atoms with E-state index in [0.717, 1.165) is 17.1 Å². The molecule has 4 saturated heterocycles. The molecule has 0 atom stereocenters. The minimum Gasteiger partial charge on any atom is -0.270 e. The van der Waals surface area contributed by atoms with E-state index >= 15 is 0 Å². The summed E-state index contributed by atoms with van der Waals surface area (Å²) < 4.78 is 3.66. The van der Waals surface area contributed by atoms with E-state index in [1.807, 2.05) is 0 Å². The van der Waals surface area contributed by atoms with E-state index in [1.54, 1.807) is 25.7 Å². The topological polar surface area (TPSA) is 0 Å². The van der Waals surface area contributed by atoms with Crippen molar-refractivity contribution >= 4 is 92.8 Å². The van der Waals surface area contributed by atoms with Gasteiger partial charge in [0, 0.05) is 64.6 Å². The summed E-state index contributed by atoms with van der Waals surface area (Å²) in [5.74, 6) is 0. The van der Waals surface area contributed by atoms with Gasteiger partial charge in [-0.1, -0.05) is 200 Å².